The first-order chi connectivity index (χ1) is 18.3. The number of unbranched alkanes of at least 4 members (excludes halogenated alkanes) is 6. The Bertz CT molecular complexity index is 677. The molecule has 0 fully saturated rings. The summed E-state index contributed by atoms with van der Waals surface area (Å²) in [6.45, 7) is 9.06. The van der Waals surface area contributed by atoms with Crippen LogP contribution < -0.4 is 5.32 Å². The van der Waals surface area contributed by atoms with Crippen molar-refractivity contribution in [1.29, 1.82) is 0 Å². The van der Waals surface area contributed by atoms with Crippen molar-refractivity contribution in [3.63, 3.8) is 0 Å². The Balaban J connectivity index is 3.35. The lowest BCUT2D eigenvalue weighted by Gasteiger charge is -2.16. The van der Waals surface area contributed by atoms with Crippen molar-refractivity contribution in [2.45, 2.75) is 85.0 Å². The summed E-state index contributed by atoms with van der Waals surface area (Å²) >= 11 is 0. The largest absolute Gasteiger partial charge is 0.379 e. The SMILES string of the molecule is CC(C)(C)C(=O)COCCOCCCC(=O)COCCOCCNC(=O)CCCCCCCCCN=[N+]=[N-]. The molecule has 38 heavy (non-hydrogen) atoms. The lowest BCUT2D eigenvalue weighted by Crippen LogP contribution is -2.27. The number of nitrogens with zero attached hydrogens (tertiary/aromatic N) is 3. The molecular weight excluding hydrogens is 492 g/mol. The number of ketones is 2. The van der Waals surface area contributed by atoms with E-state index >= 15 is 0 Å². The van der Waals surface area contributed by atoms with Gasteiger partial charge in [-0.15, -0.1) is 0 Å². The van der Waals surface area contributed by atoms with E-state index in [1.165, 1.54) is 0 Å². The number of amides is 1. The van der Waals surface area contributed by atoms with E-state index in [-0.39, 0.29) is 30.7 Å². The fourth-order valence-electron chi connectivity index (χ4n) is 3.20. The topological polar surface area (TPSA) is 149 Å². The summed E-state index contributed by atoms with van der Waals surface area (Å²) in [6, 6.07) is 0. The van der Waals surface area contributed by atoms with Gasteiger partial charge in [-0.3, -0.25) is 14.4 Å². The van der Waals surface area contributed by atoms with Crippen molar-refractivity contribution >= 4 is 17.5 Å². The number of ether oxygens (including phenoxy) is 4. The number of hydrogen-bond donors (Lipinski definition) is 1. The summed E-state index contributed by atoms with van der Waals surface area (Å²) in [5, 5.41) is 6.36. The number of nitrogens with one attached hydrogen (secondary N) is 1. The third kappa shape index (κ3) is 25.6. The molecule has 0 bridgehead atoms. The van der Waals surface area contributed by atoms with Gasteiger partial charge in [0.15, 0.2) is 11.6 Å². The first kappa shape index (κ1) is 36.0. The van der Waals surface area contributed by atoms with Crippen LogP contribution >= 0.6 is 0 Å². The standard InChI is InChI=1S/C27H50N4O7/c1-27(2,3)25(33)23-38-21-18-35-16-11-12-24(32)22-37-20-19-36-17-15-29-26(34)13-9-7-5-4-6-8-10-14-30-31-28/h4-23H2,1-3H3,(H,29,34). The van der Waals surface area contributed by atoms with Crippen LogP contribution in [0.4, 0.5) is 0 Å². The smallest absolute Gasteiger partial charge is 0.220 e. The summed E-state index contributed by atoms with van der Waals surface area (Å²) in [5.74, 6) is 0.108. The second-order valence-corrected chi connectivity index (χ2v) is 10.2. The number of rotatable bonds is 27. The molecule has 11 heteroatoms. The van der Waals surface area contributed by atoms with Crippen LogP contribution in [-0.2, 0) is 33.3 Å². The third-order valence-electron chi connectivity index (χ3n) is 5.61. The van der Waals surface area contributed by atoms with Gasteiger partial charge in [0.25, 0.3) is 0 Å². The normalized spacial score (nSPS) is 11.2. The first-order valence-corrected chi connectivity index (χ1v) is 13.9. The summed E-state index contributed by atoms with van der Waals surface area (Å²) < 4.78 is 21.5. The van der Waals surface area contributed by atoms with Gasteiger partial charge in [-0.1, -0.05) is 58.0 Å². The van der Waals surface area contributed by atoms with E-state index in [0.717, 1.165) is 44.9 Å². The van der Waals surface area contributed by atoms with E-state index in [9.17, 15) is 14.4 Å². The fourth-order valence-corrected chi connectivity index (χ4v) is 3.20. The molecule has 1 amide bonds. The Labute approximate surface area is 228 Å². The maximum Gasteiger partial charge on any atom is 0.220 e. The van der Waals surface area contributed by atoms with E-state index in [0.29, 0.717) is 72.0 Å². The molecule has 0 aromatic carbocycles. The molecule has 0 heterocycles. The predicted molar refractivity (Wildman–Crippen MR) is 146 cm³/mol. The Morgan fingerprint density at radius 3 is 1.95 bits per heavy atom. The molecule has 0 saturated heterocycles. The second-order valence-electron chi connectivity index (χ2n) is 10.2. The fraction of sp³-hybridized carbons (Fsp3) is 0.889. The molecule has 0 radical (unpaired) electrons. The Hall–Kier alpha value is -2.04. The van der Waals surface area contributed by atoms with Crippen molar-refractivity contribution in [2.75, 3.05) is 65.9 Å². The second kappa shape index (κ2) is 25.2. The van der Waals surface area contributed by atoms with Crippen LogP contribution in [0.5, 0.6) is 0 Å². The molecule has 0 unspecified atom stereocenters. The third-order valence-corrected chi connectivity index (χ3v) is 5.61. The van der Waals surface area contributed by atoms with Gasteiger partial charge < -0.3 is 24.3 Å². The first-order valence-electron chi connectivity index (χ1n) is 13.9. The molecule has 0 rings (SSSR count). The highest BCUT2D eigenvalue weighted by Crippen LogP contribution is 2.14. The summed E-state index contributed by atoms with van der Waals surface area (Å²) in [4.78, 5) is 38.1. The van der Waals surface area contributed by atoms with Crippen molar-refractivity contribution in [3.8, 4) is 0 Å². The van der Waals surface area contributed by atoms with Gasteiger partial charge in [-0.25, -0.2) is 0 Å². The zero-order valence-corrected chi connectivity index (χ0v) is 23.8. The van der Waals surface area contributed by atoms with E-state index in [2.05, 4.69) is 15.3 Å². The average molecular weight is 543 g/mol. The van der Waals surface area contributed by atoms with Gasteiger partial charge >= 0.3 is 0 Å². The van der Waals surface area contributed by atoms with Crippen LogP contribution in [0.2, 0.25) is 0 Å². The number of Topliss-reactive ketones (excluding diaryl/α,β-unsaturated/α-hetero) is 2. The van der Waals surface area contributed by atoms with E-state index < -0.39 is 5.41 Å². The minimum absolute atomic E-state index is 0.0122. The molecule has 0 aliphatic heterocycles. The molecule has 0 saturated carbocycles. The van der Waals surface area contributed by atoms with Crippen LogP contribution in [0.25, 0.3) is 10.4 Å². The van der Waals surface area contributed by atoms with Crippen LogP contribution in [-0.4, -0.2) is 83.4 Å². The van der Waals surface area contributed by atoms with E-state index in [4.69, 9.17) is 24.5 Å². The molecular formula is C27H50N4O7. The number of carbonyl (C=O) groups is 3. The Morgan fingerprint density at radius 1 is 0.711 bits per heavy atom. The lowest BCUT2D eigenvalue weighted by molar-refractivity contribution is -0.131. The lowest BCUT2D eigenvalue weighted by atomic mass is 9.91. The molecule has 220 valence electrons. The minimum Gasteiger partial charge on any atom is -0.379 e. The van der Waals surface area contributed by atoms with Gasteiger partial charge in [-0.05, 0) is 24.8 Å². The van der Waals surface area contributed by atoms with Gasteiger partial charge in [0.2, 0.25) is 5.91 Å². The quantitative estimate of drug-likeness (QED) is 0.0692. The number of hydrogen-bond acceptors (Lipinski definition) is 8. The van der Waals surface area contributed by atoms with Crippen LogP contribution in [0, 0.1) is 5.41 Å². The molecule has 0 aliphatic carbocycles. The molecule has 0 aliphatic rings. The molecule has 1 N–H and O–H groups in total. The molecule has 0 aromatic rings. The van der Waals surface area contributed by atoms with Crippen molar-refractivity contribution in [2.24, 2.45) is 10.5 Å². The van der Waals surface area contributed by atoms with Gasteiger partial charge in [0, 0.05) is 42.9 Å². The maximum atomic E-state index is 11.8. The molecule has 0 spiro atoms. The summed E-state index contributed by atoms with van der Waals surface area (Å²) in [6.07, 6.45) is 8.87. The zero-order valence-electron chi connectivity index (χ0n) is 23.8. The number of azide groups is 1. The Morgan fingerprint density at radius 2 is 1.29 bits per heavy atom. The molecule has 0 atom stereocenters. The van der Waals surface area contributed by atoms with Crippen molar-refractivity contribution in [3.05, 3.63) is 10.4 Å². The van der Waals surface area contributed by atoms with E-state index in [1.54, 1.807) is 0 Å². The van der Waals surface area contributed by atoms with Crippen LogP contribution in [0.1, 0.15) is 85.0 Å². The molecule has 11 nitrogen and oxygen atoms in total. The average Bonchev–Trinajstić information content (AvgIpc) is 2.87. The summed E-state index contributed by atoms with van der Waals surface area (Å²) in [5.41, 5.74) is 7.80. The van der Waals surface area contributed by atoms with Gasteiger partial charge in [-0.2, -0.15) is 0 Å². The van der Waals surface area contributed by atoms with E-state index in [1.807, 2.05) is 20.8 Å². The number of carbonyl (C=O) groups excluding carboxylic acids is 3. The highest BCUT2D eigenvalue weighted by Gasteiger charge is 2.20. The highest BCUT2D eigenvalue weighted by atomic mass is 16.5. The summed E-state index contributed by atoms with van der Waals surface area (Å²) in [7, 11) is 0. The Kier molecular flexibility index (Phi) is 23.9. The predicted octanol–water partition coefficient (Wildman–Crippen LogP) is 4.56. The van der Waals surface area contributed by atoms with Crippen molar-refractivity contribution < 1.29 is 33.3 Å². The maximum absolute atomic E-state index is 11.8. The highest BCUT2D eigenvalue weighted by molar-refractivity contribution is 5.84. The van der Waals surface area contributed by atoms with Crippen molar-refractivity contribution in [1.82, 2.24) is 5.32 Å². The van der Waals surface area contributed by atoms with Crippen LogP contribution in [0.3, 0.4) is 0 Å². The zero-order chi connectivity index (χ0) is 28.3. The van der Waals surface area contributed by atoms with Crippen LogP contribution in [0.15, 0.2) is 5.11 Å². The van der Waals surface area contributed by atoms with Gasteiger partial charge in [0.1, 0.15) is 13.2 Å². The monoisotopic (exact) mass is 542 g/mol. The minimum atomic E-state index is -0.397. The molecule has 0 aromatic heterocycles. The van der Waals surface area contributed by atoms with Gasteiger partial charge in [0.05, 0.1) is 33.0 Å².